The molecule has 3 aromatic carbocycles. The first-order valence-corrected chi connectivity index (χ1v) is 11.6. The third kappa shape index (κ3) is 8.06. The van der Waals surface area contributed by atoms with E-state index < -0.39 is 0 Å². The zero-order valence-corrected chi connectivity index (χ0v) is 20.3. The number of carbonyl (C=O) groups is 2. The number of para-hydroxylation sites is 1. The summed E-state index contributed by atoms with van der Waals surface area (Å²) in [5, 5.41) is 8.11. The Morgan fingerprint density at radius 1 is 0.853 bits per heavy atom. The van der Waals surface area contributed by atoms with E-state index in [1.54, 1.807) is 24.3 Å². The van der Waals surface area contributed by atoms with Crippen molar-refractivity contribution in [2.75, 3.05) is 5.32 Å². The summed E-state index contributed by atoms with van der Waals surface area (Å²) in [4.78, 5) is 24.1. The number of benzene rings is 3. The molecule has 0 aliphatic rings. The molecule has 0 aliphatic carbocycles. The van der Waals surface area contributed by atoms with Crippen molar-refractivity contribution >= 4 is 58.5 Å². The minimum atomic E-state index is -0.298. The van der Waals surface area contributed by atoms with E-state index in [0.717, 1.165) is 5.56 Å². The summed E-state index contributed by atoms with van der Waals surface area (Å²) in [7, 11) is 0. The molecule has 0 aliphatic heterocycles. The lowest BCUT2D eigenvalue weighted by atomic mass is 10.2. The van der Waals surface area contributed by atoms with Gasteiger partial charge in [0.1, 0.15) is 12.4 Å². The van der Waals surface area contributed by atoms with E-state index >= 15 is 0 Å². The highest BCUT2D eigenvalue weighted by atomic mass is 35.5. The second kappa shape index (κ2) is 13.0. The first kappa shape index (κ1) is 25.6. The van der Waals surface area contributed by atoms with Crippen LogP contribution in [0.5, 0.6) is 5.75 Å². The number of hydrogen-bond acceptors (Lipinski definition) is 4. The largest absolute Gasteiger partial charge is 0.488 e. The van der Waals surface area contributed by atoms with Crippen molar-refractivity contribution in [3.05, 3.63) is 92.9 Å². The molecule has 6 nitrogen and oxygen atoms in total. The van der Waals surface area contributed by atoms with Crippen LogP contribution in [0.3, 0.4) is 0 Å². The molecule has 3 aromatic rings. The van der Waals surface area contributed by atoms with Crippen LogP contribution in [-0.2, 0) is 16.2 Å². The van der Waals surface area contributed by atoms with Crippen LogP contribution < -0.4 is 15.5 Å². The maximum atomic E-state index is 12.1. The van der Waals surface area contributed by atoms with E-state index in [4.69, 9.17) is 39.5 Å². The number of rotatable bonds is 10. The van der Waals surface area contributed by atoms with Crippen molar-refractivity contribution in [2.45, 2.75) is 25.9 Å². The van der Waals surface area contributed by atoms with Crippen LogP contribution in [0.25, 0.3) is 0 Å². The van der Waals surface area contributed by atoms with Crippen LogP contribution in [0.15, 0.2) is 71.8 Å². The van der Waals surface area contributed by atoms with Crippen LogP contribution >= 0.6 is 34.8 Å². The first-order chi connectivity index (χ1) is 16.4. The number of ether oxygens (including phenoxy) is 1. The van der Waals surface area contributed by atoms with Gasteiger partial charge < -0.3 is 10.1 Å². The molecule has 0 saturated heterocycles. The third-order valence-corrected chi connectivity index (χ3v) is 5.77. The van der Waals surface area contributed by atoms with Crippen molar-refractivity contribution < 1.29 is 14.3 Å². The highest BCUT2D eigenvalue weighted by molar-refractivity contribution is 6.42. The van der Waals surface area contributed by atoms with Gasteiger partial charge in [-0.05, 0) is 42.8 Å². The second-order valence-corrected chi connectivity index (χ2v) is 8.46. The molecule has 0 atom stereocenters. The highest BCUT2D eigenvalue weighted by Gasteiger charge is 2.08. The van der Waals surface area contributed by atoms with Gasteiger partial charge in [0.15, 0.2) is 0 Å². The lowest BCUT2D eigenvalue weighted by Gasteiger charge is -2.10. The molecule has 0 unspecified atom stereocenters. The number of carbonyl (C=O) groups excluding carboxylic acids is 2. The van der Waals surface area contributed by atoms with E-state index in [1.165, 1.54) is 6.21 Å². The lowest BCUT2D eigenvalue weighted by Crippen LogP contribution is -2.18. The van der Waals surface area contributed by atoms with Gasteiger partial charge in [-0.25, -0.2) is 5.43 Å². The zero-order chi connectivity index (χ0) is 24.3. The van der Waals surface area contributed by atoms with Gasteiger partial charge in [-0.15, -0.1) is 0 Å². The lowest BCUT2D eigenvalue weighted by molar-refractivity contribution is -0.121. The van der Waals surface area contributed by atoms with E-state index in [9.17, 15) is 9.59 Å². The van der Waals surface area contributed by atoms with Crippen molar-refractivity contribution in [3.8, 4) is 5.75 Å². The molecular weight excluding hydrogens is 497 g/mol. The predicted molar refractivity (Wildman–Crippen MR) is 137 cm³/mol. The van der Waals surface area contributed by atoms with Gasteiger partial charge in [0.05, 0.1) is 16.3 Å². The Labute approximate surface area is 212 Å². The fraction of sp³-hybridized carbons (Fsp3) is 0.160. The minimum Gasteiger partial charge on any atom is -0.488 e. The predicted octanol–water partition coefficient (Wildman–Crippen LogP) is 6.48. The average molecular weight is 519 g/mol. The Kier molecular flexibility index (Phi) is 9.76. The Morgan fingerprint density at radius 2 is 1.59 bits per heavy atom. The summed E-state index contributed by atoms with van der Waals surface area (Å²) >= 11 is 18.0. The Hall–Kier alpha value is -3.06. The smallest absolute Gasteiger partial charge is 0.240 e. The fourth-order valence-electron chi connectivity index (χ4n) is 2.93. The molecule has 0 spiro atoms. The van der Waals surface area contributed by atoms with Gasteiger partial charge in [0, 0.05) is 34.7 Å². The summed E-state index contributed by atoms with van der Waals surface area (Å²) in [5.41, 5.74) is 4.59. The maximum Gasteiger partial charge on any atom is 0.240 e. The number of anilines is 1. The van der Waals surface area contributed by atoms with Gasteiger partial charge in [0.25, 0.3) is 0 Å². The third-order valence-electron chi connectivity index (χ3n) is 4.66. The van der Waals surface area contributed by atoms with E-state index in [2.05, 4.69) is 15.8 Å². The number of halogens is 3. The molecule has 9 heteroatoms. The summed E-state index contributed by atoms with van der Waals surface area (Å²) in [6.07, 6.45) is 2.20. The molecule has 2 amide bonds. The molecule has 0 fully saturated rings. The molecule has 0 bridgehead atoms. The summed E-state index contributed by atoms with van der Waals surface area (Å²) in [6.45, 7) is 0.307. The van der Waals surface area contributed by atoms with Gasteiger partial charge >= 0.3 is 0 Å². The zero-order valence-electron chi connectivity index (χ0n) is 18.1. The Balaban J connectivity index is 1.42. The second-order valence-electron chi connectivity index (χ2n) is 7.24. The molecule has 176 valence electrons. The van der Waals surface area contributed by atoms with Crippen LogP contribution in [0.4, 0.5) is 5.69 Å². The fourth-order valence-corrected chi connectivity index (χ4v) is 3.41. The SMILES string of the molecule is O=C(CCCC(=O)Nc1ccc(Cl)c(Cl)c1)N/N=C\c1ccccc1OCc1ccccc1Cl. The molecular formula is C25H22Cl3N3O3. The number of nitrogens with zero attached hydrogens (tertiary/aromatic N) is 1. The van der Waals surface area contributed by atoms with Crippen molar-refractivity contribution in [2.24, 2.45) is 5.10 Å². The van der Waals surface area contributed by atoms with E-state index in [0.29, 0.717) is 45.1 Å². The Bertz CT molecular complexity index is 1180. The van der Waals surface area contributed by atoms with Gasteiger partial charge in [-0.2, -0.15) is 5.10 Å². The van der Waals surface area contributed by atoms with Gasteiger partial charge in [-0.3, -0.25) is 9.59 Å². The molecule has 3 rings (SSSR count). The number of nitrogens with one attached hydrogen (secondary N) is 2. The van der Waals surface area contributed by atoms with E-state index in [-0.39, 0.29) is 24.7 Å². The molecule has 0 aromatic heterocycles. The summed E-state index contributed by atoms with van der Waals surface area (Å²) in [5.74, 6) is 0.0896. The summed E-state index contributed by atoms with van der Waals surface area (Å²) in [6, 6.07) is 19.6. The van der Waals surface area contributed by atoms with Crippen molar-refractivity contribution in [1.29, 1.82) is 0 Å². The van der Waals surface area contributed by atoms with Crippen LogP contribution in [0.1, 0.15) is 30.4 Å². The normalized spacial score (nSPS) is 10.8. The minimum absolute atomic E-state index is 0.150. The molecule has 0 heterocycles. The summed E-state index contributed by atoms with van der Waals surface area (Å²) < 4.78 is 5.87. The number of hydrogen-bond donors (Lipinski definition) is 2. The van der Waals surface area contributed by atoms with E-state index in [1.807, 2.05) is 42.5 Å². The average Bonchev–Trinajstić information content (AvgIpc) is 2.82. The highest BCUT2D eigenvalue weighted by Crippen LogP contribution is 2.25. The Morgan fingerprint density at radius 3 is 2.38 bits per heavy atom. The number of amides is 2. The standard InChI is InChI=1S/C25H22Cl3N3O3/c26-20-8-3-1-7-18(20)16-34-23-9-4-2-6-17(23)15-29-31-25(33)11-5-10-24(32)30-19-12-13-21(27)22(28)14-19/h1-4,6-9,12-15H,5,10-11,16H2,(H,30,32)(H,31,33)/b29-15-. The molecule has 0 radical (unpaired) electrons. The monoisotopic (exact) mass is 517 g/mol. The van der Waals surface area contributed by atoms with Crippen LogP contribution in [-0.4, -0.2) is 18.0 Å². The molecule has 0 saturated carbocycles. The van der Waals surface area contributed by atoms with Gasteiger partial charge in [-0.1, -0.05) is 65.1 Å². The molecule has 2 N–H and O–H groups in total. The van der Waals surface area contributed by atoms with Crippen LogP contribution in [0.2, 0.25) is 15.1 Å². The van der Waals surface area contributed by atoms with Crippen molar-refractivity contribution in [1.82, 2.24) is 5.43 Å². The topological polar surface area (TPSA) is 79.8 Å². The van der Waals surface area contributed by atoms with Crippen LogP contribution in [0, 0.1) is 0 Å². The van der Waals surface area contributed by atoms with Gasteiger partial charge in [0.2, 0.25) is 11.8 Å². The van der Waals surface area contributed by atoms with Crippen molar-refractivity contribution in [3.63, 3.8) is 0 Å². The molecule has 34 heavy (non-hydrogen) atoms. The maximum absolute atomic E-state index is 12.1. The number of hydrazone groups is 1. The quantitative estimate of drug-likeness (QED) is 0.238. The first-order valence-electron chi connectivity index (χ1n) is 10.4.